The Bertz CT molecular complexity index is 848. The van der Waals surface area contributed by atoms with Gasteiger partial charge in [-0.1, -0.05) is 30.3 Å². The third kappa shape index (κ3) is 6.97. The van der Waals surface area contributed by atoms with Crippen LogP contribution in [0.3, 0.4) is 0 Å². The third-order valence-electron chi connectivity index (χ3n) is 3.69. The van der Waals surface area contributed by atoms with Crippen molar-refractivity contribution in [3.05, 3.63) is 54.1 Å². The number of rotatable bonds is 10. The molecule has 2 aromatic rings. The summed E-state index contributed by atoms with van der Waals surface area (Å²) in [5, 5.41) is 11.4. The second-order valence-electron chi connectivity index (χ2n) is 5.69. The summed E-state index contributed by atoms with van der Waals surface area (Å²) in [5.41, 5.74) is 1.52. The van der Waals surface area contributed by atoms with Gasteiger partial charge in [0.15, 0.2) is 6.61 Å². The first-order valence-corrected chi connectivity index (χ1v) is 9.87. The molecule has 6 nitrogen and oxygen atoms in total. The van der Waals surface area contributed by atoms with Crippen LogP contribution >= 0.6 is 11.8 Å². The van der Waals surface area contributed by atoms with Gasteiger partial charge in [-0.2, -0.15) is 5.26 Å². The van der Waals surface area contributed by atoms with Gasteiger partial charge in [0.25, 0.3) is 5.91 Å². The highest BCUT2D eigenvalue weighted by molar-refractivity contribution is 7.99. The van der Waals surface area contributed by atoms with Crippen molar-refractivity contribution in [2.24, 2.45) is 0 Å². The van der Waals surface area contributed by atoms with Crippen LogP contribution < -0.4 is 10.1 Å². The molecular weight excluding hydrogens is 376 g/mol. The van der Waals surface area contributed by atoms with Crippen LogP contribution in [0.15, 0.2) is 53.4 Å². The maximum atomic E-state index is 12.1. The van der Waals surface area contributed by atoms with Gasteiger partial charge in [-0.3, -0.25) is 9.59 Å². The molecule has 7 heteroatoms. The number of benzene rings is 2. The number of carbonyl (C=O) groups excluding carboxylic acids is 2. The van der Waals surface area contributed by atoms with E-state index in [-0.39, 0.29) is 18.8 Å². The first kappa shape index (κ1) is 21.3. The number of amides is 1. The Kier molecular flexibility index (Phi) is 8.89. The van der Waals surface area contributed by atoms with Crippen molar-refractivity contribution in [1.82, 2.24) is 0 Å². The SMILES string of the molecule is CCOc1ccccc1CCC(=O)OCC(=O)Nc1ccccc1SCC#N. The van der Waals surface area contributed by atoms with E-state index in [1.54, 1.807) is 12.1 Å². The largest absolute Gasteiger partial charge is 0.494 e. The van der Waals surface area contributed by atoms with Crippen LogP contribution in [0, 0.1) is 11.3 Å². The molecule has 1 amide bonds. The van der Waals surface area contributed by atoms with Gasteiger partial charge in [-0.05, 0) is 37.1 Å². The van der Waals surface area contributed by atoms with E-state index in [4.69, 9.17) is 14.7 Å². The van der Waals surface area contributed by atoms with E-state index in [1.807, 2.05) is 49.4 Å². The molecule has 0 aliphatic heterocycles. The molecular formula is C21H22N2O4S. The molecule has 0 fully saturated rings. The van der Waals surface area contributed by atoms with Crippen LogP contribution in [0.25, 0.3) is 0 Å². The molecule has 0 heterocycles. The lowest BCUT2D eigenvalue weighted by molar-refractivity contribution is -0.147. The summed E-state index contributed by atoms with van der Waals surface area (Å²) in [4.78, 5) is 24.8. The predicted octanol–water partition coefficient (Wildman–Crippen LogP) is 3.82. The number of esters is 1. The Hall–Kier alpha value is -2.98. The number of nitrogens with one attached hydrogen (secondary N) is 1. The minimum atomic E-state index is -0.450. The van der Waals surface area contributed by atoms with E-state index >= 15 is 0 Å². The maximum Gasteiger partial charge on any atom is 0.306 e. The Morgan fingerprint density at radius 2 is 1.89 bits per heavy atom. The molecule has 0 unspecified atom stereocenters. The zero-order chi connectivity index (χ0) is 20.2. The molecule has 0 aliphatic rings. The first-order valence-electron chi connectivity index (χ1n) is 8.89. The van der Waals surface area contributed by atoms with Gasteiger partial charge in [-0.25, -0.2) is 0 Å². The molecule has 0 aromatic heterocycles. The Morgan fingerprint density at radius 3 is 2.68 bits per heavy atom. The molecule has 1 N–H and O–H groups in total. The van der Waals surface area contributed by atoms with Crippen molar-refractivity contribution in [2.45, 2.75) is 24.7 Å². The molecule has 0 saturated heterocycles. The Labute approximate surface area is 168 Å². The highest BCUT2D eigenvalue weighted by Crippen LogP contribution is 2.26. The van der Waals surface area contributed by atoms with Crippen LogP contribution in [0.5, 0.6) is 5.75 Å². The smallest absolute Gasteiger partial charge is 0.306 e. The fourth-order valence-electron chi connectivity index (χ4n) is 2.45. The lowest BCUT2D eigenvalue weighted by atomic mass is 10.1. The number of para-hydroxylation sites is 2. The normalized spacial score (nSPS) is 10.0. The zero-order valence-electron chi connectivity index (χ0n) is 15.6. The number of nitriles is 1. The van der Waals surface area contributed by atoms with Crippen LogP contribution in [0.4, 0.5) is 5.69 Å². The van der Waals surface area contributed by atoms with Gasteiger partial charge >= 0.3 is 5.97 Å². The minimum Gasteiger partial charge on any atom is -0.494 e. The lowest BCUT2D eigenvalue weighted by Gasteiger charge is -2.11. The molecule has 0 radical (unpaired) electrons. The van der Waals surface area contributed by atoms with Crippen molar-refractivity contribution in [2.75, 3.05) is 24.3 Å². The monoisotopic (exact) mass is 398 g/mol. The maximum absolute atomic E-state index is 12.1. The molecule has 0 aliphatic carbocycles. The van der Waals surface area contributed by atoms with E-state index in [2.05, 4.69) is 5.32 Å². The number of nitrogens with zero attached hydrogens (tertiary/aromatic N) is 1. The molecule has 0 atom stereocenters. The van der Waals surface area contributed by atoms with E-state index in [0.29, 0.717) is 18.7 Å². The highest BCUT2D eigenvalue weighted by Gasteiger charge is 2.11. The van der Waals surface area contributed by atoms with E-state index in [0.717, 1.165) is 16.2 Å². The molecule has 2 aromatic carbocycles. The molecule has 2 rings (SSSR count). The van der Waals surface area contributed by atoms with E-state index < -0.39 is 11.9 Å². The van der Waals surface area contributed by atoms with Gasteiger partial charge < -0.3 is 14.8 Å². The number of hydrogen-bond acceptors (Lipinski definition) is 6. The highest BCUT2D eigenvalue weighted by atomic mass is 32.2. The number of ether oxygens (including phenoxy) is 2. The number of aryl methyl sites for hydroxylation is 1. The van der Waals surface area contributed by atoms with Gasteiger partial charge in [-0.15, -0.1) is 11.8 Å². The van der Waals surface area contributed by atoms with Gasteiger partial charge in [0.1, 0.15) is 5.75 Å². The second-order valence-corrected chi connectivity index (χ2v) is 6.71. The molecule has 0 saturated carbocycles. The van der Waals surface area contributed by atoms with Crippen molar-refractivity contribution in [1.29, 1.82) is 5.26 Å². The third-order valence-corrected chi connectivity index (χ3v) is 4.63. The minimum absolute atomic E-state index is 0.159. The van der Waals surface area contributed by atoms with Crippen LogP contribution in [0.1, 0.15) is 18.9 Å². The summed E-state index contributed by atoms with van der Waals surface area (Å²) < 4.78 is 10.6. The fraction of sp³-hybridized carbons (Fsp3) is 0.286. The van der Waals surface area contributed by atoms with Gasteiger partial charge in [0.05, 0.1) is 24.1 Å². The molecule has 146 valence electrons. The summed E-state index contributed by atoms with van der Waals surface area (Å²) in [6, 6.07) is 16.8. The number of thioether (sulfide) groups is 1. The summed E-state index contributed by atoms with van der Waals surface area (Å²) in [6.45, 7) is 2.10. The van der Waals surface area contributed by atoms with Crippen LogP contribution in [0.2, 0.25) is 0 Å². The number of hydrogen-bond donors (Lipinski definition) is 1. The topological polar surface area (TPSA) is 88.4 Å². The quantitative estimate of drug-likeness (QED) is 0.484. The summed E-state index contributed by atoms with van der Waals surface area (Å²) in [5.74, 6) is 0.161. The Balaban J connectivity index is 1.80. The number of carbonyl (C=O) groups is 2. The van der Waals surface area contributed by atoms with Crippen molar-refractivity contribution in [3.8, 4) is 11.8 Å². The summed E-state index contributed by atoms with van der Waals surface area (Å²) in [6.07, 6.45) is 0.635. The standard InChI is InChI=1S/C21H22N2O4S/c1-2-26-18-9-5-3-7-16(18)11-12-21(25)27-15-20(24)23-17-8-4-6-10-19(17)28-14-13-22/h3-10H,2,11-12,14-15H2,1H3,(H,23,24). The predicted molar refractivity (Wildman–Crippen MR) is 108 cm³/mol. The average Bonchev–Trinajstić information content (AvgIpc) is 2.71. The van der Waals surface area contributed by atoms with Crippen LogP contribution in [-0.4, -0.2) is 30.8 Å². The van der Waals surface area contributed by atoms with Crippen molar-refractivity contribution in [3.63, 3.8) is 0 Å². The first-order chi connectivity index (χ1) is 13.6. The summed E-state index contributed by atoms with van der Waals surface area (Å²) >= 11 is 1.33. The fourth-order valence-corrected chi connectivity index (χ4v) is 3.12. The Morgan fingerprint density at radius 1 is 1.14 bits per heavy atom. The van der Waals surface area contributed by atoms with Crippen LogP contribution in [-0.2, 0) is 20.7 Å². The van der Waals surface area contributed by atoms with Gasteiger partial charge in [0, 0.05) is 11.3 Å². The number of anilines is 1. The zero-order valence-corrected chi connectivity index (χ0v) is 16.5. The van der Waals surface area contributed by atoms with E-state index in [9.17, 15) is 9.59 Å². The molecule has 0 bridgehead atoms. The molecule has 0 spiro atoms. The van der Waals surface area contributed by atoms with E-state index in [1.165, 1.54) is 11.8 Å². The second kappa shape index (κ2) is 11.7. The summed E-state index contributed by atoms with van der Waals surface area (Å²) in [7, 11) is 0. The van der Waals surface area contributed by atoms with Crippen molar-refractivity contribution >= 4 is 29.3 Å². The molecule has 28 heavy (non-hydrogen) atoms. The lowest BCUT2D eigenvalue weighted by Crippen LogP contribution is -2.21. The average molecular weight is 398 g/mol. The van der Waals surface area contributed by atoms with Crippen molar-refractivity contribution < 1.29 is 19.1 Å². The van der Waals surface area contributed by atoms with Gasteiger partial charge in [0.2, 0.25) is 0 Å².